The van der Waals surface area contributed by atoms with Crippen LogP contribution in [0.1, 0.15) is 51.1 Å². The van der Waals surface area contributed by atoms with Crippen molar-refractivity contribution in [3.8, 4) is 5.75 Å². The SMILES string of the molecule is CCCCC1(CC)CSc2cc(OCC(=O)NC(C(=O)NCC(=O)O)c3ccccc3)c(Br)cc2N(c2ccccc2)C1. The molecule has 10 heteroatoms. The Bertz CT molecular complexity index is 1410. The Kier molecular flexibility index (Phi) is 11.5. The van der Waals surface area contributed by atoms with Gasteiger partial charge >= 0.3 is 5.97 Å². The molecule has 8 nitrogen and oxygen atoms in total. The summed E-state index contributed by atoms with van der Waals surface area (Å²) in [5.41, 5.74) is 2.90. The Morgan fingerprint density at radius 3 is 2.42 bits per heavy atom. The molecule has 43 heavy (non-hydrogen) atoms. The summed E-state index contributed by atoms with van der Waals surface area (Å²) in [6, 6.07) is 22.1. The third-order valence-electron chi connectivity index (χ3n) is 7.68. The van der Waals surface area contributed by atoms with Crippen LogP contribution < -0.4 is 20.3 Å². The first-order valence-corrected chi connectivity index (χ1v) is 16.3. The number of fused-ring (bicyclic) bond motifs is 1. The van der Waals surface area contributed by atoms with E-state index in [-0.39, 0.29) is 12.0 Å². The molecular formula is C33H38BrN3O5S. The Morgan fingerprint density at radius 2 is 1.77 bits per heavy atom. The largest absolute Gasteiger partial charge is 0.483 e. The number of hydrogen-bond acceptors (Lipinski definition) is 6. The van der Waals surface area contributed by atoms with Crippen LogP contribution in [0, 0.1) is 5.41 Å². The van der Waals surface area contributed by atoms with Gasteiger partial charge in [0.05, 0.1) is 10.2 Å². The van der Waals surface area contributed by atoms with E-state index in [1.807, 2.05) is 23.9 Å². The topological polar surface area (TPSA) is 108 Å². The molecule has 0 saturated heterocycles. The minimum Gasteiger partial charge on any atom is -0.483 e. The van der Waals surface area contributed by atoms with E-state index >= 15 is 0 Å². The molecule has 0 spiro atoms. The van der Waals surface area contributed by atoms with Crippen molar-refractivity contribution in [2.75, 3.05) is 30.3 Å². The van der Waals surface area contributed by atoms with Gasteiger partial charge < -0.3 is 25.4 Å². The Hall–Kier alpha value is -3.50. The number of thioether (sulfide) groups is 1. The number of anilines is 2. The summed E-state index contributed by atoms with van der Waals surface area (Å²) in [5, 5.41) is 14.0. The maximum atomic E-state index is 13.0. The van der Waals surface area contributed by atoms with Crippen molar-refractivity contribution in [2.45, 2.75) is 50.5 Å². The number of hydrogen-bond donors (Lipinski definition) is 3. The molecule has 228 valence electrons. The van der Waals surface area contributed by atoms with Crippen molar-refractivity contribution >= 4 is 56.9 Å². The molecule has 0 aliphatic carbocycles. The monoisotopic (exact) mass is 667 g/mol. The Morgan fingerprint density at radius 1 is 1.07 bits per heavy atom. The lowest BCUT2D eigenvalue weighted by Gasteiger charge is -2.36. The number of ether oxygens (including phenoxy) is 1. The van der Waals surface area contributed by atoms with Gasteiger partial charge in [-0.15, -0.1) is 11.8 Å². The second-order valence-corrected chi connectivity index (χ2v) is 12.6. The van der Waals surface area contributed by atoms with E-state index in [0.29, 0.717) is 11.3 Å². The zero-order valence-corrected chi connectivity index (χ0v) is 26.9. The fourth-order valence-electron chi connectivity index (χ4n) is 5.15. The number of carbonyl (C=O) groups excluding carboxylic acids is 2. The van der Waals surface area contributed by atoms with E-state index in [0.717, 1.165) is 52.3 Å². The molecule has 1 heterocycles. The highest BCUT2D eigenvalue weighted by molar-refractivity contribution is 9.10. The van der Waals surface area contributed by atoms with E-state index in [4.69, 9.17) is 9.84 Å². The van der Waals surface area contributed by atoms with Gasteiger partial charge in [-0.05, 0) is 64.0 Å². The third-order valence-corrected chi connectivity index (χ3v) is 9.70. The van der Waals surface area contributed by atoms with Gasteiger partial charge in [-0.3, -0.25) is 14.4 Å². The van der Waals surface area contributed by atoms with E-state index in [1.54, 1.807) is 30.3 Å². The number of benzene rings is 3. The van der Waals surface area contributed by atoms with Crippen molar-refractivity contribution < 1.29 is 24.2 Å². The first kappa shape index (κ1) is 32.4. The summed E-state index contributed by atoms with van der Waals surface area (Å²) in [6.07, 6.45) is 4.56. The standard InChI is InChI=1S/C33H38BrN3O5S/c1-3-5-16-33(4-2)21-37(24-14-10-7-11-15-24)26-17-25(34)27(18-28(26)43-22-33)42-20-29(38)36-31(23-12-8-6-9-13-23)32(41)35-19-30(39)40/h6-15,17-18,31H,3-5,16,19-22H2,1-2H3,(H,35,41)(H,36,38)(H,39,40). The first-order chi connectivity index (χ1) is 20.7. The van der Waals surface area contributed by atoms with E-state index in [1.165, 1.54) is 6.42 Å². The van der Waals surface area contributed by atoms with Gasteiger partial charge in [0, 0.05) is 22.9 Å². The number of carboxylic acids is 1. The molecule has 0 radical (unpaired) electrons. The highest BCUT2D eigenvalue weighted by Gasteiger charge is 2.35. The molecule has 1 aliphatic rings. The number of para-hydroxylation sites is 1. The molecule has 3 N–H and O–H groups in total. The number of carbonyl (C=O) groups is 3. The minimum atomic E-state index is -1.17. The molecule has 0 saturated carbocycles. The molecule has 2 unspecified atom stereocenters. The molecule has 2 amide bonds. The van der Waals surface area contributed by atoms with Crippen LogP contribution in [0.15, 0.2) is 82.2 Å². The van der Waals surface area contributed by atoms with Crippen molar-refractivity contribution in [2.24, 2.45) is 5.41 Å². The molecular weight excluding hydrogens is 630 g/mol. The fraction of sp³-hybridized carbons (Fsp3) is 0.364. The lowest BCUT2D eigenvalue weighted by molar-refractivity contribution is -0.138. The van der Waals surface area contributed by atoms with Crippen molar-refractivity contribution in [1.82, 2.24) is 10.6 Å². The number of unbranched alkanes of at least 4 members (excludes halogenated alkanes) is 1. The number of nitrogens with zero attached hydrogens (tertiary/aromatic N) is 1. The summed E-state index contributed by atoms with van der Waals surface area (Å²) in [4.78, 5) is 40.2. The molecule has 0 fully saturated rings. The summed E-state index contributed by atoms with van der Waals surface area (Å²) in [5.74, 6) is -0.796. The zero-order chi connectivity index (χ0) is 30.8. The van der Waals surface area contributed by atoms with Crippen molar-refractivity contribution in [3.05, 3.63) is 82.8 Å². The van der Waals surface area contributed by atoms with Crippen LogP contribution in [0.2, 0.25) is 0 Å². The molecule has 1 aliphatic heterocycles. The van der Waals surface area contributed by atoms with E-state index < -0.39 is 30.4 Å². The Labute approximate surface area is 265 Å². The summed E-state index contributed by atoms with van der Waals surface area (Å²) in [7, 11) is 0. The number of carboxylic acid groups (broad SMARTS) is 1. The van der Waals surface area contributed by atoms with Crippen LogP contribution in [0.4, 0.5) is 11.4 Å². The van der Waals surface area contributed by atoms with E-state index in [9.17, 15) is 14.4 Å². The van der Waals surface area contributed by atoms with Crippen LogP contribution in [0.25, 0.3) is 0 Å². The molecule has 3 aromatic rings. The summed E-state index contributed by atoms with van der Waals surface area (Å²) >= 11 is 5.49. The number of rotatable bonds is 13. The average molecular weight is 669 g/mol. The molecule has 0 aromatic heterocycles. The quantitative estimate of drug-likeness (QED) is 0.186. The highest BCUT2D eigenvalue weighted by Crippen LogP contribution is 2.49. The summed E-state index contributed by atoms with van der Waals surface area (Å²) in [6.45, 7) is 4.55. The first-order valence-electron chi connectivity index (χ1n) is 14.5. The second-order valence-electron chi connectivity index (χ2n) is 10.7. The van der Waals surface area contributed by atoms with Gasteiger partial charge in [-0.25, -0.2) is 0 Å². The van der Waals surface area contributed by atoms with Crippen LogP contribution in [0.3, 0.4) is 0 Å². The molecule has 4 rings (SSSR count). The average Bonchev–Trinajstić information content (AvgIpc) is 3.18. The molecule has 0 bridgehead atoms. The van der Waals surface area contributed by atoms with Crippen molar-refractivity contribution in [1.29, 1.82) is 0 Å². The number of halogens is 1. The number of amides is 2. The second kappa shape index (κ2) is 15.3. The third kappa shape index (κ3) is 8.54. The zero-order valence-electron chi connectivity index (χ0n) is 24.5. The maximum Gasteiger partial charge on any atom is 0.322 e. The van der Waals surface area contributed by atoms with Gasteiger partial charge in [-0.2, -0.15) is 0 Å². The van der Waals surface area contributed by atoms with Gasteiger partial charge in [-0.1, -0.05) is 75.2 Å². The Balaban J connectivity index is 1.54. The maximum absolute atomic E-state index is 13.0. The van der Waals surface area contributed by atoms with Gasteiger partial charge in [0.15, 0.2) is 6.61 Å². The predicted molar refractivity (Wildman–Crippen MR) is 174 cm³/mol. The van der Waals surface area contributed by atoms with Crippen LogP contribution in [0.5, 0.6) is 5.75 Å². The van der Waals surface area contributed by atoms with Crippen LogP contribution in [-0.4, -0.2) is 48.3 Å². The predicted octanol–water partition coefficient (Wildman–Crippen LogP) is 6.72. The molecule has 2 atom stereocenters. The van der Waals surface area contributed by atoms with Gasteiger partial charge in [0.2, 0.25) is 5.91 Å². The summed E-state index contributed by atoms with van der Waals surface area (Å²) < 4.78 is 6.71. The highest BCUT2D eigenvalue weighted by atomic mass is 79.9. The normalized spacial score (nSPS) is 16.9. The van der Waals surface area contributed by atoms with Crippen LogP contribution >= 0.6 is 27.7 Å². The van der Waals surface area contributed by atoms with Gasteiger partial charge in [0.1, 0.15) is 18.3 Å². The van der Waals surface area contributed by atoms with Gasteiger partial charge in [0.25, 0.3) is 5.91 Å². The number of nitrogens with one attached hydrogen (secondary N) is 2. The van der Waals surface area contributed by atoms with Crippen LogP contribution in [-0.2, 0) is 14.4 Å². The fourth-order valence-corrected chi connectivity index (χ4v) is 7.00. The number of aliphatic carboxylic acids is 1. The van der Waals surface area contributed by atoms with Crippen molar-refractivity contribution in [3.63, 3.8) is 0 Å². The minimum absolute atomic E-state index is 0.149. The smallest absolute Gasteiger partial charge is 0.322 e. The lowest BCUT2D eigenvalue weighted by Crippen LogP contribution is -2.43. The van der Waals surface area contributed by atoms with E-state index in [2.05, 4.69) is 75.6 Å². The lowest BCUT2D eigenvalue weighted by atomic mass is 9.81. The molecule has 3 aromatic carbocycles.